The third kappa shape index (κ3) is 2.37. The average Bonchev–Trinajstić information content (AvgIpc) is 2.14. The van der Waals surface area contributed by atoms with Gasteiger partial charge in [-0.3, -0.25) is 10.1 Å². The van der Waals surface area contributed by atoms with E-state index in [1.807, 2.05) is 0 Å². The van der Waals surface area contributed by atoms with Crippen molar-refractivity contribution in [3.05, 3.63) is 37.8 Å². The molecule has 1 aromatic rings. The van der Waals surface area contributed by atoms with Gasteiger partial charge in [0, 0.05) is 5.56 Å². The number of hydrogen-bond acceptors (Lipinski definition) is 4. The normalized spacial score (nSPS) is 12.2. The number of nitro benzene ring substituents is 1. The molecule has 7 heteroatoms. The quantitative estimate of drug-likeness (QED) is 0.652. The Morgan fingerprint density at radius 1 is 1.56 bits per heavy atom. The van der Waals surface area contributed by atoms with Gasteiger partial charge in [0.2, 0.25) is 0 Å². The standard InChI is InChI=1S/C9H8BrNO5/c1-4-2-5(8(12)9(13)14)3-6(10)7(4)11(15)16/h2-3,8,12H,1H3,(H,13,14). The summed E-state index contributed by atoms with van der Waals surface area (Å²) in [6.07, 6.45) is -1.68. The second-order valence-electron chi connectivity index (χ2n) is 3.17. The zero-order valence-corrected chi connectivity index (χ0v) is 9.76. The van der Waals surface area contributed by atoms with Crippen molar-refractivity contribution in [1.29, 1.82) is 0 Å². The van der Waals surface area contributed by atoms with E-state index in [1.54, 1.807) is 0 Å². The van der Waals surface area contributed by atoms with Gasteiger partial charge in [0.05, 0.1) is 9.40 Å². The Morgan fingerprint density at radius 2 is 2.12 bits per heavy atom. The van der Waals surface area contributed by atoms with E-state index in [-0.39, 0.29) is 21.3 Å². The maximum Gasteiger partial charge on any atom is 0.337 e. The Kier molecular flexibility index (Phi) is 3.61. The molecule has 0 radical (unpaired) electrons. The molecule has 0 aliphatic carbocycles. The molecular weight excluding hydrogens is 282 g/mol. The van der Waals surface area contributed by atoms with Gasteiger partial charge in [0.15, 0.2) is 6.10 Å². The van der Waals surface area contributed by atoms with Crippen LogP contribution in [0.1, 0.15) is 17.2 Å². The van der Waals surface area contributed by atoms with Crippen molar-refractivity contribution in [1.82, 2.24) is 0 Å². The van der Waals surface area contributed by atoms with Gasteiger partial charge in [-0.2, -0.15) is 0 Å². The number of halogens is 1. The maximum absolute atomic E-state index is 10.7. The maximum atomic E-state index is 10.7. The van der Waals surface area contributed by atoms with Gasteiger partial charge in [-0.15, -0.1) is 0 Å². The number of nitrogens with zero attached hydrogens (tertiary/aromatic N) is 1. The highest BCUT2D eigenvalue weighted by Gasteiger charge is 2.22. The Bertz CT molecular complexity index is 436. The zero-order valence-electron chi connectivity index (χ0n) is 8.18. The van der Waals surface area contributed by atoms with Gasteiger partial charge in [-0.25, -0.2) is 4.79 Å². The molecule has 0 aliphatic heterocycles. The van der Waals surface area contributed by atoms with Crippen molar-refractivity contribution in [3.8, 4) is 0 Å². The van der Waals surface area contributed by atoms with Crippen molar-refractivity contribution in [2.75, 3.05) is 0 Å². The topological polar surface area (TPSA) is 101 Å². The summed E-state index contributed by atoms with van der Waals surface area (Å²) >= 11 is 2.97. The van der Waals surface area contributed by atoms with Crippen molar-refractivity contribution in [2.45, 2.75) is 13.0 Å². The third-order valence-corrected chi connectivity index (χ3v) is 2.61. The molecule has 0 bridgehead atoms. The van der Waals surface area contributed by atoms with E-state index >= 15 is 0 Å². The van der Waals surface area contributed by atoms with E-state index in [0.29, 0.717) is 0 Å². The molecule has 1 atom stereocenters. The molecule has 0 aromatic heterocycles. The van der Waals surface area contributed by atoms with Crippen molar-refractivity contribution >= 4 is 27.6 Å². The molecule has 0 fully saturated rings. The molecule has 0 saturated carbocycles. The van der Waals surface area contributed by atoms with Crippen LogP contribution in [0.4, 0.5) is 5.69 Å². The van der Waals surface area contributed by atoms with E-state index in [4.69, 9.17) is 5.11 Å². The predicted octanol–water partition coefficient (Wildman–Crippen LogP) is 1.78. The second-order valence-corrected chi connectivity index (χ2v) is 4.02. The number of carboxylic acid groups (broad SMARTS) is 1. The minimum Gasteiger partial charge on any atom is -0.479 e. The zero-order chi connectivity index (χ0) is 12.5. The minimum absolute atomic E-state index is 0.0995. The Labute approximate surface area is 98.8 Å². The molecular formula is C9H8BrNO5. The Morgan fingerprint density at radius 3 is 2.50 bits per heavy atom. The molecule has 0 amide bonds. The monoisotopic (exact) mass is 289 g/mol. The fourth-order valence-electron chi connectivity index (χ4n) is 1.29. The summed E-state index contributed by atoms with van der Waals surface area (Å²) in [6.45, 7) is 1.47. The number of carboxylic acids is 1. The number of aliphatic hydroxyl groups excluding tert-OH is 1. The number of aryl methyl sites for hydroxylation is 1. The summed E-state index contributed by atoms with van der Waals surface area (Å²) in [7, 11) is 0. The highest BCUT2D eigenvalue weighted by Crippen LogP contribution is 2.31. The van der Waals surface area contributed by atoms with Crippen LogP contribution in [0.5, 0.6) is 0 Å². The van der Waals surface area contributed by atoms with Crippen molar-refractivity contribution in [3.63, 3.8) is 0 Å². The lowest BCUT2D eigenvalue weighted by molar-refractivity contribution is -0.386. The molecule has 86 valence electrons. The van der Waals surface area contributed by atoms with Crippen molar-refractivity contribution in [2.24, 2.45) is 0 Å². The average molecular weight is 290 g/mol. The molecule has 16 heavy (non-hydrogen) atoms. The number of carbonyl (C=O) groups is 1. The highest BCUT2D eigenvalue weighted by molar-refractivity contribution is 9.10. The van der Waals surface area contributed by atoms with Gasteiger partial charge in [-0.1, -0.05) is 0 Å². The van der Waals surface area contributed by atoms with Gasteiger partial charge >= 0.3 is 5.97 Å². The number of aliphatic hydroxyl groups is 1. The minimum atomic E-state index is -1.68. The van der Waals surface area contributed by atoms with E-state index < -0.39 is 17.0 Å². The molecule has 0 spiro atoms. The molecule has 1 unspecified atom stereocenters. The lowest BCUT2D eigenvalue weighted by Gasteiger charge is -2.08. The molecule has 1 rings (SSSR count). The molecule has 0 aliphatic rings. The summed E-state index contributed by atoms with van der Waals surface area (Å²) < 4.78 is 0.146. The molecule has 6 nitrogen and oxygen atoms in total. The Hall–Kier alpha value is -1.47. The first-order chi connectivity index (χ1) is 7.34. The van der Waals surface area contributed by atoms with E-state index in [2.05, 4.69) is 15.9 Å². The summed E-state index contributed by atoms with van der Waals surface area (Å²) in [5, 5.41) is 28.5. The summed E-state index contributed by atoms with van der Waals surface area (Å²) in [6, 6.07) is 2.51. The largest absolute Gasteiger partial charge is 0.479 e. The van der Waals surface area contributed by atoms with Crippen LogP contribution in [-0.2, 0) is 4.79 Å². The SMILES string of the molecule is Cc1cc(C(O)C(=O)O)cc(Br)c1[N+](=O)[O-]. The van der Waals surface area contributed by atoms with Crippen LogP contribution in [-0.4, -0.2) is 21.1 Å². The Balaban J connectivity index is 3.30. The lowest BCUT2D eigenvalue weighted by Crippen LogP contribution is -2.11. The van der Waals surface area contributed by atoms with Crippen LogP contribution >= 0.6 is 15.9 Å². The number of aliphatic carboxylic acids is 1. The number of hydrogen-bond donors (Lipinski definition) is 2. The van der Waals surface area contributed by atoms with Crippen LogP contribution in [0.2, 0.25) is 0 Å². The summed E-state index contributed by atoms with van der Waals surface area (Å²) in [4.78, 5) is 20.6. The fourth-order valence-corrected chi connectivity index (χ4v) is 2.02. The van der Waals surface area contributed by atoms with Gasteiger partial charge < -0.3 is 10.2 Å². The van der Waals surface area contributed by atoms with Gasteiger partial charge in [-0.05, 0) is 40.5 Å². The van der Waals surface area contributed by atoms with Crippen LogP contribution in [0.3, 0.4) is 0 Å². The van der Waals surface area contributed by atoms with Crippen LogP contribution in [0.15, 0.2) is 16.6 Å². The van der Waals surface area contributed by atoms with Crippen LogP contribution in [0, 0.1) is 17.0 Å². The number of benzene rings is 1. The molecule has 1 aromatic carbocycles. The summed E-state index contributed by atoms with van der Waals surface area (Å²) in [5.74, 6) is -1.40. The van der Waals surface area contributed by atoms with Gasteiger partial charge in [0.25, 0.3) is 5.69 Å². The first-order valence-electron chi connectivity index (χ1n) is 4.20. The lowest BCUT2D eigenvalue weighted by atomic mass is 10.1. The van der Waals surface area contributed by atoms with Crippen LogP contribution < -0.4 is 0 Å². The van der Waals surface area contributed by atoms with Crippen LogP contribution in [0.25, 0.3) is 0 Å². The highest BCUT2D eigenvalue weighted by atomic mass is 79.9. The molecule has 2 N–H and O–H groups in total. The fraction of sp³-hybridized carbons (Fsp3) is 0.222. The first kappa shape index (κ1) is 12.6. The number of nitro groups is 1. The van der Waals surface area contributed by atoms with Crippen molar-refractivity contribution < 1.29 is 19.9 Å². The predicted molar refractivity (Wildman–Crippen MR) is 58.1 cm³/mol. The van der Waals surface area contributed by atoms with E-state index in [0.717, 1.165) is 0 Å². The van der Waals surface area contributed by atoms with Gasteiger partial charge in [0.1, 0.15) is 0 Å². The summed E-state index contributed by atoms with van der Waals surface area (Å²) in [5.41, 5.74) is 0.249. The molecule has 0 saturated heterocycles. The molecule has 0 heterocycles. The number of rotatable bonds is 3. The third-order valence-electron chi connectivity index (χ3n) is 2.01. The first-order valence-corrected chi connectivity index (χ1v) is 4.99. The smallest absolute Gasteiger partial charge is 0.337 e. The second kappa shape index (κ2) is 4.58. The van der Waals surface area contributed by atoms with E-state index in [9.17, 15) is 20.0 Å². The van der Waals surface area contributed by atoms with E-state index in [1.165, 1.54) is 19.1 Å².